The molecular weight excluding hydrogens is 312 g/mol. The molecule has 0 atom stereocenters. The van der Waals surface area contributed by atoms with Gasteiger partial charge in [-0.3, -0.25) is 9.36 Å². The van der Waals surface area contributed by atoms with E-state index in [9.17, 15) is 4.79 Å². The van der Waals surface area contributed by atoms with E-state index in [0.717, 1.165) is 25.9 Å². The number of aromatic nitrogens is 3. The normalized spacial score (nSPS) is 14.9. The van der Waals surface area contributed by atoms with E-state index in [0.29, 0.717) is 29.0 Å². The Labute approximate surface area is 139 Å². The largest absolute Gasteiger partial charge is 0.461 e. The van der Waals surface area contributed by atoms with Crippen molar-refractivity contribution in [1.82, 2.24) is 19.7 Å². The SMILES string of the molecule is C=CCn1c(SCC(=O)N2CCCCC2)nnc1-c1ccco1. The molecule has 0 N–H and O–H groups in total. The van der Waals surface area contributed by atoms with Crippen LogP contribution in [0.15, 0.2) is 40.6 Å². The van der Waals surface area contributed by atoms with E-state index in [-0.39, 0.29) is 5.91 Å². The van der Waals surface area contributed by atoms with Crippen LogP contribution in [0.5, 0.6) is 0 Å². The summed E-state index contributed by atoms with van der Waals surface area (Å²) in [7, 11) is 0. The number of rotatable bonds is 6. The Balaban J connectivity index is 1.70. The fraction of sp³-hybridized carbons (Fsp3) is 0.438. The van der Waals surface area contributed by atoms with Crippen molar-refractivity contribution in [3.63, 3.8) is 0 Å². The van der Waals surface area contributed by atoms with Crippen molar-refractivity contribution in [3.8, 4) is 11.6 Å². The quantitative estimate of drug-likeness (QED) is 0.601. The number of hydrogen-bond acceptors (Lipinski definition) is 5. The molecule has 23 heavy (non-hydrogen) atoms. The maximum atomic E-state index is 12.3. The molecule has 3 rings (SSSR count). The smallest absolute Gasteiger partial charge is 0.233 e. The van der Waals surface area contributed by atoms with Crippen molar-refractivity contribution in [3.05, 3.63) is 31.1 Å². The third-order valence-corrected chi connectivity index (χ3v) is 4.76. The molecule has 1 fully saturated rings. The number of piperidine rings is 1. The first-order valence-corrected chi connectivity index (χ1v) is 8.76. The van der Waals surface area contributed by atoms with Gasteiger partial charge in [0, 0.05) is 19.6 Å². The number of likely N-dealkylation sites (tertiary alicyclic amines) is 1. The summed E-state index contributed by atoms with van der Waals surface area (Å²) in [4.78, 5) is 14.2. The molecule has 1 saturated heterocycles. The van der Waals surface area contributed by atoms with Crippen LogP contribution in [0.2, 0.25) is 0 Å². The molecule has 0 bridgehead atoms. The molecule has 1 aliphatic heterocycles. The van der Waals surface area contributed by atoms with Crippen LogP contribution < -0.4 is 0 Å². The van der Waals surface area contributed by atoms with E-state index in [1.807, 2.05) is 21.6 Å². The maximum absolute atomic E-state index is 12.3. The van der Waals surface area contributed by atoms with Crippen LogP contribution in [0.1, 0.15) is 19.3 Å². The van der Waals surface area contributed by atoms with Gasteiger partial charge in [0.1, 0.15) is 0 Å². The van der Waals surface area contributed by atoms with Gasteiger partial charge in [0.15, 0.2) is 10.9 Å². The summed E-state index contributed by atoms with van der Waals surface area (Å²) in [6.07, 6.45) is 6.82. The van der Waals surface area contributed by atoms with Crippen molar-refractivity contribution in [2.45, 2.75) is 31.0 Å². The molecule has 1 amide bonds. The van der Waals surface area contributed by atoms with Gasteiger partial charge in [0.25, 0.3) is 0 Å². The zero-order valence-electron chi connectivity index (χ0n) is 13.0. The molecule has 0 saturated carbocycles. The van der Waals surface area contributed by atoms with Crippen molar-refractivity contribution in [1.29, 1.82) is 0 Å². The first-order chi connectivity index (χ1) is 11.3. The zero-order chi connectivity index (χ0) is 16.1. The zero-order valence-corrected chi connectivity index (χ0v) is 13.8. The summed E-state index contributed by atoms with van der Waals surface area (Å²) >= 11 is 1.42. The fourth-order valence-corrected chi connectivity index (χ4v) is 3.49. The second-order valence-electron chi connectivity index (χ2n) is 5.41. The molecule has 7 heteroatoms. The van der Waals surface area contributed by atoms with Gasteiger partial charge in [0.2, 0.25) is 11.7 Å². The Morgan fingerprint density at radius 1 is 1.35 bits per heavy atom. The first-order valence-electron chi connectivity index (χ1n) is 7.78. The minimum absolute atomic E-state index is 0.169. The minimum atomic E-state index is 0.169. The van der Waals surface area contributed by atoms with E-state index < -0.39 is 0 Å². The van der Waals surface area contributed by atoms with Crippen molar-refractivity contribution in [2.24, 2.45) is 0 Å². The molecule has 0 aromatic carbocycles. The van der Waals surface area contributed by atoms with E-state index in [2.05, 4.69) is 16.8 Å². The number of carbonyl (C=O) groups excluding carboxylic acids is 1. The average Bonchev–Trinajstić information content (AvgIpc) is 3.23. The molecule has 6 nitrogen and oxygen atoms in total. The highest BCUT2D eigenvalue weighted by atomic mass is 32.2. The number of furan rings is 1. The van der Waals surface area contributed by atoms with Crippen LogP contribution in [-0.2, 0) is 11.3 Å². The Kier molecular flexibility index (Phi) is 5.17. The highest BCUT2D eigenvalue weighted by Crippen LogP contribution is 2.25. The summed E-state index contributed by atoms with van der Waals surface area (Å²) in [5.74, 6) is 1.87. The van der Waals surface area contributed by atoms with Gasteiger partial charge < -0.3 is 9.32 Å². The topological polar surface area (TPSA) is 64.2 Å². The molecule has 0 radical (unpaired) electrons. The monoisotopic (exact) mass is 332 g/mol. The van der Waals surface area contributed by atoms with E-state index >= 15 is 0 Å². The van der Waals surface area contributed by atoms with E-state index in [1.54, 1.807) is 12.3 Å². The van der Waals surface area contributed by atoms with E-state index in [4.69, 9.17) is 4.42 Å². The molecule has 0 aliphatic carbocycles. The average molecular weight is 332 g/mol. The third-order valence-electron chi connectivity index (χ3n) is 3.80. The lowest BCUT2D eigenvalue weighted by Crippen LogP contribution is -2.36. The Morgan fingerprint density at radius 3 is 2.87 bits per heavy atom. The van der Waals surface area contributed by atoms with Gasteiger partial charge in [-0.25, -0.2) is 0 Å². The van der Waals surface area contributed by atoms with Gasteiger partial charge in [-0.1, -0.05) is 17.8 Å². The van der Waals surface area contributed by atoms with Gasteiger partial charge in [-0.05, 0) is 31.4 Å². The lowest BCUT2D eigenvalue weighted by atomic mass is 10.1. The van der Waals surface area contributed by atoms with Gasteiger partial charge in [0.05, 0.1) is 12.0 Å². The van der Waals surface area contributed by atoms with Gasteiger partial charge in [-0.15, -0.1) is 16.8 Å². The summed E-state index contributed by atoms with van der Waals surface area (Å²) in [5.41, 5.74) is 0. The van der Waals surface area contributed by atoms with Crippen LogP contribution in [0, 0.1) is 0 Å². The van der Waals surface area contributed by atoms with E-state index in [1.165, 1.54) is 18.2 Å². The molecule has 2 aromatic rings. The standard InChI is InChI=1S/C16H20N4O2S/c1-2-8-20-15(13-7-6-11-22-13)17-18-16(20)23-12-14(21)19-9-4-3-5-10-19/h2,6-7,11H,1,3-5,8-10,12H2. The molecule has 0 spiro atoms. The summed E-state index contributed by atoms with van der Waals surface area (Å²) in [5, 5.41) is 9.11. The van der Waals surface area contributed by atoms with Crippen LogP contribution in [-0.4, -0.2) is 44.4 Å². The second-order valence-corrected chi connectivity index (χ2v) is 6.36. The van der Waals surface area contributed by atoms with Gasteiger partial charge in [-0.2, -0.15) is 0 Å². The van der Waals surface area contributed by atoms with Crippen molar-refractivity contribution in [2.75, 3.05) is 18.8 Å². The fourth-order valence-electron chi connectivity index (χ4n) is 2.64. The Morgan fingerprint density at radius 2 is 2.17 bits per heavy atom. The maximum Gasteiger partial charge on any atom is 0.233 e. The number of allylic oxidation sites excluding steroid dienone is 1. The van der Waals surface area contributed by atoms with Gasteiger partial charge >= 0.3 is 0 Å². The number of nitrogens with zero attached hydrogens (tertiary/aromatic N) is 4. The molecule has 2 aromatic heterocycles. The van der Waals surface area contributed by atoms with Crippen LogP contribution in [0.4, 0.5) is 0 Å². The highest BCUT2D eigenvalue weighted by Gasteiger charge is 2.20. The molecule has 122 valence electrons. The van der Waals surface area contributed by atoms with Crippen LogP contribution in [0.25, 0.3) is 11.6 Å². The molecule has 0 unspecified atom stereocenters. The summed E-state index contributed by atoms with van der Waals surface area (Å²) < 4.78 is 7.32. The lowest BCUT2D eigenvalue weighted by Gasteiger charge is -2.26. The molecular formula is C16H20N4O2S. The highest BCUT2D eigenvalue weighted by molar-refractivity contribution is 7.99. The van der Waals surface area contributed by atoms with Crippen molar-refractivity contribution < 1.29 is 9.21 Å². The number of hydrogen-bond donors (Lipinski definition) is 0. The van der Waals surface area contributed by atoms with Crippen LogP contribution in [0.3, 0.4) is 0 Å². The minimum Gasteiger partial charge on any atom is -0.461 e. The predicted octanol–water partition coefficient (Wildman–Crippen LogP) is 2.83. The number of carbonyl (C=O) groups is 1. The lowest BCUT2D eigenvalue weighted by molar-refractivity contribution is -0.129. The Bertz CT molecular complexity index is 660. The predicted molar refractivity (Wildman–Crippen MR) is 89.1 cm³/mol. The Hall–Kier alpha value is -2.02. The summed E-state index contributed by atoms with van der Waals surface area (Å²) in [6, 6.07) is 3.66. The third kappa shape index (κ3) is 3.67. The number of thioether (sulfide) groups is 1. The molecule has 1 aliphatic rings. The first kappa shape index (κ1) is 15.9. The second kappa shape index (κ2) is 7.50. The molecule has 3 heterocycles. The summed E-state index contributed by atoms with van der Waals surface area (Å²) in [6.45, 7) is 6.09. The number of amides is 1. The van der Waals surface area contributed by atoms with Crippen LogP contribution >= 0.6 is 11.8 Å². The van der Waals surface area contributed by atoms with Crippen molar-refractivity contribution >= 4 is 17.7 Å².